The smallest absolute Gasteiger partial charge is 0.222 e. The monoisotopic (exact) mass is 424 g/mol. The molecule has 1 aromatic heterocycles. The Morgan fingerprint density at radius 1 is 1.16 bits per heavy atom. The van der Waals surface area contributed by atoms with Gasteiger partial charge in [0, 0.05) is 50.8 Å². The molecule has 0 radical (unpaired) electrons. The molecule has 3 heterocycles. The van der Waals surface area contributed by atoms with Crippen molar-refractivity contribution < 1.29 is 9.32 Å². The highest BCUT2D eigenvalue weighted by molar-refractivity contribution is 5.77. The minimum Gasteiger partial charge on any atom is -0.368 e. The summed E-state index contributed by atoms with van der Waals surface area (Å²) in [6, 6.07) is 12.6. The zero-order chi connectivity index (χ0) is 21.5. The maximum Gasteiger partial charge on any atom is 0.222 e. The number of rotatable bonds is 8. The van der Waals surface area contributed by atoms with Crippen LogP contribution in [0.15, 0.2) is 40.9 Å². The third-order valence-electron chi connectivity index (χ3n) is 6.81. The van der Waals surface area contributed by atoms with Crippen LogP contribution in [0.2, 0.25) is 0 Å². The van der Waals surface area contributed by atoms with Gasteiger partial charge in [-0.05, 0) is 56.3 Å². The predicted molar refractivity (Wildman–Crippen MR) is 123 cm³/mol. The minimum absolute atomic E-state index is 0.313. The number of nitrogens with one attached hydrogen (secondary N) is 1. The van der Waals surface area contributed by atoms with Gasteiger partial charge in [-0.3, -0.25) is 4.79 Å². The number of aryl methyl sites for hydroxylation is 1. The molecule has 1 amide bonds. The fraction of sp³-hybridized carbons (Fsp3) is 0.600. The van der Waals surface area contributed by atoms with Gasteiger partial charge in [-0.25, -0.2) is 0 Å². The van der Waals surface area contributed by atoms with E-state index in [-0.39, 0.29) is 0 Å². The van der Waals surface area contributed by atoms with E-state index in [1.54, 1.807) is 0 Å². The van der Waals surface area contributed by atoms with Crippen LogP contribution in [0.5, 0.6) is 0 Å². The van der Waals surface area contributed by atoms with E-state index in [1.807, 2.05) is 6.07 Å². The van der Waals surface area contributed by atoms with Gasteiger partial charge >= 0.3 is 0 Å². The number of carbonyl (C=O) groups is 1. The number of unbranched alkanes of at least 4 members (excludes halogenated alkanes) is 1. The number of benzene rings is 1. The zero-order valence-electron chi connectivity index (χ0n) is 18.8. The lowest BCUT2D eigenvalue weighted by molar-refractivity contribution is -0.133. The second kappa shape index (κ2) is 10.8. The van der Waals surface area contributed by atoms with Gasteiger partial charge in [-0.1, -0.05) is 36.7 Å². The molecule has 1 aromatic carbocycles. The summed E-state index contributed by atoms with van der Waals surface area (Å²) in [7, 11) is 0. The highest BCUT2D eigenvalue weighted by Gasteiger charge is 2.30. The third-order valence-corrected chi connectivity index (χ3v) is 6.81. The second-order valence-corrected chi connectivity index (χ2v) is 9.01. The van der Waals surface area contributed by atoms with Crippen LogP contribution < -0.4 is 10.2 Å². The van der Waals surface area contributed by atoms with Crippen molar-refractivity contribution in [2.45, 2.75) is 45.4 Å². The number of hydrogen-bond acceptors (Lipinski definition) is 5. The van der Waals surface area contributed by atoms with Crippen molar-refractivity contribution in [3.8, 4) is 0 Å². The maximum absolute atomic E-state index is 13.1. The van der Waals surface area contributed by atoms with Gasteiger partial charge in [0.2, 0.25) is 5.91 Å². The molecule has 6 heteroatoms. The fourth-order valence-corrected chi connectivity index (χ4v) is 4.88. The molecule has 2 unspecified atom stereocenters. The van der Waals surface area contributed by atoms with Crippen LogP contribution in [0.4, 0.5) is 5.69 Å². The van der Waals surface area contributed by atoms with Crippen LogP contribution in [-0.2, 0) is 17.6 Å². The van der Waals surface area contributed by atoms with Gasteiger partial charge in [0.15, 0.2) is 0 Å². The van der Waals surface area contributed by atoms with Crippen LogP contribution in [0.25, 0.3) is 0 Å². The van der Waals surface area contributed by atoms with Gasteiger partial charge in [0.25, 0.3) is 0 Å². The first-order valence-corrected chi connectivity index (χ1v) is 12.0. The number of para-hydroxylation sites is 1. The first kappa shape index (κ1) is 21.9. The Labute approximate surface area is 186 Å². The number of anilines is 1. The molecule has 2 fully saturated rings. The fourth-order valence-electron chi connectivity index (χ4n) is 4.88. The quantitative estimate of drug-likeness (QED) is 0.703. The van der Waals surface area contributed by atoms with Gasteiger partial charge < -0.3 is 19.6 Å². The van der Waals surface area contributed by atoms with Crippen LogP contribution in [0.3, 0.4) is 0 Å². The van der Waals surface area contributed by atoms with Crippen LogP contribution in [0.1, 0.15) is 44.1 Å². The highest BCUT2D eigenvalue weighted by atomic mass is 16.5. The van der Waals surface area contributed by atoms with Crippen LogP contribution >= 0.6 is 0 Å². The summed E-state index contributed by atoms with van der Waals surface area (Å²) in [4.78, 5) is 17.5. The lowest BCUT2D eigenvalue weighted by Crippen LogP contribution is -2.50. The van der Waals surface area contributed by atoms with Gasteiger partial charge in [-0.15, -0.1) is 0 Å². The maximum atomic E-state index is 13.1. The van der Waals surface area contributed by atoms with Crippen molar-refractivity contribution in [2.24, 2.45) is 11.8 Å². The third kappa shape index (κ3) is 5.88. The minimum atomic E-state index is 0.313. The predicted octanol–water partition coefficient (Wildman–Crippen LogP) is 3.52. The molecule has 31 heavy (non-hydrogen) atoms. The molecule has 4 rings (SSSR count). The Kier molecular flexibility index (Phi) is 7.62. The highest BCUT2D eigenvalue weighted by Crippen LogP contribution is 2.27. The van der Waals surface area contributed by atoms with Gasteiger partial charge in [0.05, 0.1) is 5.69 Å². The van der Waals surface area contributed by atoms with Gasteiger partial charge in [0.1, 0.15) is 5.76 Å². The van der Waals surface area contributed by atoms with E-state index < -0.39 is 0 Å². The molecule has 2 saturated heterocycles. The summed E-state index contributed by atoms with van der Waals surface area (Å²) in [5, 5.41) is 7.81. The Morgan fingerprint density at radius 3 is 2.74 bits per heavy atom. The van der Waals surface area contributed by atoms with E-state index in [1.165, 1.54) is 5.69 Å². The van der Waals surface area contributed by atoms with Crippen LogP contribution in [0, 0.1) is 11.8 Å². The van der Waals surface area contributed by atoms with E-state index in [0.29, 0.717) is 24.2 Å². The summed E-state index contributed by atoms with van der Waals surface area (Å²) in [5.41, 5.74) is 2.28. The van der Waals surface area contributed by atoms with Crippen molar-refractivity contribution in [1.29, 1.82) is 0 Å². The van der Waals surface area contributed by atoms with Crippen molar-refractivity contribution in [1.82, 2.24) is 15.4 Å². The van der Waals surface area contributed by atoms with E-state index in [2.05, 4.69) is 57.5 Å². The van der Waals surface area contributed by atoms with Crippen molar-refractivity contribution in [3.63, 3.8) is 0 Å². The molecule has 2 aliphatic heterocycles. The number of piperazine rings is 1. The molecule has 0 spiro atoms. The number of carbonyl (C=O) groups excluding carboxylic acids is 1. The topological polar surface area (TPSA) is 61.6 Å². The molecular weight excluding hydrogens is 388 g/mol. The molecule has 0 bridgehead atoms. The SMILES string of the molecule is CCCCc1cc(CC2CNCCC2CC(=O)N2CCN(c3ccccc3)CC2)no1. The summed E-state index contributed by atoms with van der Waals surface area (Å²) < 4.78 is 5.52. The van der Waals surface area contributed by atoms with Crippen molar-refractivity contribution in [3.05, 3.63) is 47.9 Å². The Morgan fingerprint density at radius 2 is 1.97 bits per heavy atom. The standard InChI is InChI=1S/C25H36N4O2/c1-2-3-9-24-18-22(27-31-24)16-21-19-26-11-10-20(21)17-25(30)29-14-12-28(13-15-29)23-7-5-4-6-8-23/h4-8,18,20-21,26H,2-3,9-17,19H2,1H3. The molecule has 6 nitrogen and oxygen atoms in total. The Bertz CT molecular complexity index is 814. The molecule has 0 saturated carbocycles. The molecule has 168 valence electrons. The normalized spacial score (nSPS) is 22.0. The number of nitrogens with zero attached hydrogens (tertiary/aromatic N) is 3. The van der Waals surface area contributed by atoms with E-state index in [9.17, 15) is 4.79 Å². The molecule has 2 aliphatic rings. The van der Waals surface area contributed by atoms with Crippen LogP contribution in [-0.4, -0.2) is 55.2 Å². The molecule has 2 atom stereocenters. The zero-order valence-corrected chi connectivity index (χ0v) is 18.8. The summed E-state index contributed by atoms with van der Waals surface area (Å²) in [5.74, 6) is 2.15. The Balaban J connectivity index is 1.29. The lowest BCUT2D eigenvalue weighted by atomic mass is 9.81. The van der Waals surface area contributed by atoms with Crippen molar-refractivity contribution in [2.75, 3.05) is 44.2 Å². The van der Waals surface area contributed by atoms with E-state index in [0.717, 1.165) is 82.8 Å². The number of piperidine rings is 1. The van der Waals surface area contributed by atoms with E-state index in [4.69, 9.17) is 4.52 Å². The second-order valence-electron chi connectivity index (χ2n) is 9.01. The summed E-state index contributed by atoms with van der Waals surface area (Å²) in [6.45, 7) is 7.58. The van der Waals surface area contributed by atoms with Crippen molar-refractivity contribution >= 4 is 11.6 Å². The average Bonchev–Trinajstić information content (AvgIpc) is 3.27. The Hall–Kier alpha value is -2.34. The number of hydrogen-bond donors (Lipinski definition) is 1. The summed E-state index contributed by atoms with van der Waals surface area (Å²) >= 11 is 0. The molecular formula is C25H36N4O2. The first-order valence-electron chi connectivity index (χ1n) is 12.0. The first-order chi connectivity index (χ1) is 15.2. The molecule has 2 aromatic rings. The molecule has 1 N–H and O–H groups in total. The number of amides is 1. The number of aromatic nitrogens is 1. The van der Waals surface area contributed by atoms with E-state index >= 15 is 0 Å². The average molecular weight is 425 g/mol. The lowest BCUT2D eigenvalue weighted by Gasteiger charge is -2.38. The largest absolute Gasteiger partial charge is 0.368 e. The summed E-state index contributed by atoms with van der Waals surface area (Å²) in [6.07, 6.45) is 5.85. The van der Waals surface area contributed by atoms with Gasteiger partial charge in [-0.2, -0.15) is 0 Å². The molecule has 0 aliphatic carbocycles.